The number of hydrogen-bond donors (Lipinski definition) is 2. The summed E-state index contributed by atoms with van der Waals surface area (Å²) in [5.74, 6) is 0.239. The van der Waals surface area contributed by atoms with Gasteiger partial charge >= 0.3 is 0 Å². The maximum Gasteiger partial charge on any atom is 0.225 e. The highest BCUT2D eigenvalue weighted by atomic mass is 16.3. The van der Waals surface area contributed by atoms with Crippen molar-refractivity contribution in [1.29, 1.82) is 0 Å². The van der Waals surface area contributed by atoms with Crippen LogP contribution in [-0.2, 0) is 9.59 Å². The maximum atomic E-state index is 12.0. The molecule has 2 aliphatic rings. The fourth-order valence-corrected chi connectivity index (χ4v) is 3.03. The Bertz CT molecular complexity index is 357. The van der Waals surface area contributed by atoms with Crippen molar-refractivity contribution in [3.63, 3.8) is 0 Å². The topological polar surface area (TPSA) is 69.6 Å². The lowest BCUT2D eigenvalue weighted by Crippen LogP contribution is -2.37. The van der Waals surface area contributed by atoms with Crippen LogP contribution in [0.2, 0.25) is 0 Å². The first-order chi connectivity index (χ1) is 8.97. The zero-order chi connectivity index (χ0) is 14.0. The van der Waals surface area contributed by atoms with Crippen LogP contribution in [0.4, 0.5) is 0 Å². The minimum absolute atomic E-state index is 0.0158. The fourth-order valence-electron chi connectivity index (χ4n) is 3.03. The van der Waals surface area contributed by atoms with Crippen LogP contribution in [0.15, 0.2) is 0 Å². The first-order valence-corrected chi connectivity index (χ1v) is 7.22. The summed E-state index contributed by atoms with van der Waals surface area (Å²) in [5.41, 5.74) is 0. The van der Waals surface area contributed by atoms with Crippen molar-refractivity contribution in [2.75, 3.05) is 13.1 Å². The Morgan fingerprint density at radius 2 is 2.21 bits per heavy atom. The number of aliphatic hydroxyl groups is 1. The third-order valence-electron chi connectivity index (χ3n) is 4.23. The third-order valence-corrected chi connectivity index (χ3v) is 4.23. The lowest BCUT2D eigenvalue weighted by molar-refractivity contribution is -0.130. The van der Waals surface area contributed by atoms with Gasteiger partial charge in [0.25, 0.3) is 0 Å². The number of nitrogens with one attached hydrogen (secondary N) is 1. The predicted molar refractivity (Wildman–Crippen MR) is 71.3 cm³/mol. The monoisotopic (exact) mass is 268 g/mol. The van der Waals surface area contributed by atoms with Gasteiger partial charge in [-0.3, -0.25) is 9.59 Å². The summed E-state index contributed by atoms with van der Waals surface area (Å²) in [5, 5.41) is 12.4. The Balaban J connectivity index is 1.76. The van der Waals surface area contributed by atoms with Crippen LogP contribution in [0.5, 0.6) is 0 Å². The molecule has 0 spiro atoms. The number of rotatable bonds is 4. The molecule has 1 aliphatic heterocycles. The molecule has 5 nitrogen and oxygen atoms in total. The molecule has 0 radical (unpaired) electrons. The molecule has 0 aromatic heterocycles. The van der Waals surface area contributed by atoms with E-state index in [-0.39, 0.29) is 29.9 Å². The van der Waals surface area contributed by atoms with Crippen molar-refractivity contribution >= 4 is 11.8 Å². The van der Waals surface area contributed by atoms with E-state index in [4.69, 9.17) is 0 Å². The van der Waals surface area contributed by atoms with Crippen molar-refractivity contribution < 1.29 is 14.7 Å². The molecule has 2 rings (SSSR count). The first-order valence-electron chi connectivity index (χ1n) is 7.22. The molecular weight excluding hydrogens is 244 g/mol. The summed E-state index contributed by atoms with van der Waals surface area (Å²) in [7, 11) is 0. The maximum absolute atomic E-state index is 12.0. The second-order valence-electron chi connectivity index (χ2n) is 6.12. The third kappa shape index (κ3) is 3.47. The second-order valence-corrected chi connectivity index (χ2v) is 6.12. The van der Waals surface area contributed by atoms with Crippen LogP contribution in [0.25, 0.3) is 0 Å². The molecule has 5 heteroatoms. The smallest absolute Gasteiger partial charge is 0.225 e. The molecule has 1 saturated heterocycles. The van der Waals surface area contributed by atoms with E-state index in [9.17, 15) is 14.7 Å². The Kier molecular flexibility index (Phi) is 4.45. The van der Waals surface area contributed by atoms with E-state index >= 15 is 0 Å². The van der Waals surface area contributed by atoms with Gasteiger partial charge in [0.1, 0.15) is 0 Å². The van der Waals surface area contributed by atoms with Crippen molar-refractivity contribution in [3.05, 3.63) is 0 Å². The molecule has 2 N–H and O–H groups in total. The van der Waals surface area contributed by atoms with E-state index in [0.29, 0.717) is 25.4 Å². The molecule has 19 heavy (non-hydrogen) atoms. The largest absolute Gasteiger partial charge is 0.393 e. The Morgan fingerprint density at radius 3 is 2.74 bits per heavy atom. The van der Waals surface area contributed by atoms with Crippen LogP contribution >= 0.6 is 0 Å². The summed E-state index contributed by atoms with van der Waals surface area (Å²) in [6.45, 7) is 5.11. The lowest BCUT2D eigenvalue weighted by Gasteiger charge is -2.21. The Morgan fingerprint density at radius 1 is 1.47 bits per heavy atom. The average molecular weight is 268 g/mol. The lowest BCUT2D eigenvalue weighted by atomic mass is 10.1. The number of nitrogens with zero attached hydrogens (tertiary/aromatic N) is 1. The van der Waals surface area contributed by atoms with Crippen LogP contribution in [0.1, 0.15) is 39.5 Å². The summed E-state index contributed by atoms with van der Waals surface area (Å²) >= 11 is 0. The van der Waals surface area contributed by atoms with Crippen LogP contribution in [-0.4, -0.2) is 47.1 Å². The van der Waals surface area contributed by atoms with Crippen LogP contribution in [0, 0.1) is 11.8 Å². The van der Waals surface area contributed by atoms with Crippen LogP contribution < -0.4 is 5.32 Å². The second kappa shape index (κ2) is 5.90. The van der Waals surface area contributed by atoms with E-state index in [2.05, 4.69) is 5.32 Å². The molecule has 2 fully saturated rings. The van der Waals surface area contributed by atoms with Gasteiger partial charge in [-0.25, -0.2) is 0 Å². The molecule has 2 amide bonds. The quantitative estimate of drug-likeness (QED) is 0.781. The Hall–Kier alpha value is -1.10. The number of aliphatic hydroxyl groups excluding tert-OH is 1. The van der Waals surface area contributed by atoms with Gasteiger partial charge in [-0.15, -0.1) is 0 Å². The number of carbonyl (C=O) groups is 2. The fraction of sp³-hybridized carbons (Fsp3) is 0.857. The van der Waals surface area contributed by atoms with Crippen molar-refractivity contribution in [2.24, 2.45) is 11.8 Å². The van der Waals surface area contributed by atoms with Gasteiger partial charge in [0.05, 0.1) is 12.0 Å². The molecule has 0 aromatic carbocycles. The summed E-state index contributed by atoms with van der Waals surface area (Å²) < 4.78 is 0. The molecule has 1 aliphatic carbocycles. The van der Waals surface area contributed by atoms with Crippen molar-refractivity contribution in [3.8, 4) is 0 Å². The highest BCUT2D eigenvalue weighted by molar-refractivity contribution is 5.89. The molecule has 3 atom stereocenters. The van der Waals surface area contributed by atoms with E-state index in [1.54, 1.807) is 4.90 Å². The van der Waals surface area contributed by atoms with Gasteiger partial charge in [-0.1, -0.05) is 0 Å². The highest BCUT2D eigenvalue weighted by Crippen LogP contribution is 2.25. The number of carbonyl (C=O) groups excluding carboxylic acids is 2. The van der Waals surface area contributed by atoms with E-state index in [0.717, 1.165) is 19.3 Å². The van der Waals surface area contributed by atoms with Gasteiger partial charge in [0, 0.05) is 25.6 Å². The molecule has 108 valence electrons. The minimum atomic E-state index is -0.207. The van der Waals surface area contributed by atoms with Crippen molar-refractivity contribution in [2.45, 2.75) is 51.7 Å². The normalized spacial score (nSPS) is 31.3. The Labute approximate surface area is 114 Å². The summed E-state index contributed by atoms with van der Waals surface area (Å²) in [6.07, 6.45) is 2.72. The van der Waals surface area contributed by atoms with Crippen LogP contribution in [0.3, 0.4) is 0 Å². The SMILES string of the molecule is CC(C)N1CC(C(=O)NCC2CCC(O)C2)CC1=O. The van der Waals surface area contributed by atoms with Gasteiger partial charge in [0.15, 0.2) is 0 Å². The number of likely N-dealkylation sites (tertiary alicyclic amines) is 1. The average Bonchev–Trinajstić information content (AvgIpc) is 2.92. The summed E-state index contributed by atoms with van der Waals surface area (Å²) in [4.78, 5) is 25.6. The zero-order valence-electron chi connectivity index (χ0n) is 11.8. The number of amides is 2. The molecular formula is C14H24N2O3. The van der Waals surface area contributed by atoms with Gasteiger partial charge in [-0.2, -0.15) is 0 Å². The molecule has 1 saturated carbocycles. The predicted octanol–water partition coefficient (Wildman–Crippen LogP) is 0.520. The van der Waals surface area contributed by atoms with E-state index < -0.39 is 0 Å². The van der Waals surface area contributed by atoms with E-state index in [1.165, 1.54) is 0 Å². The standard InChI is InChI=1S/C14H24N2O3/c1-9(2)16-8-11(6-13(16)18)14(19)15-7-10-3-4-12(17)5-10/h9-12,17H,3-8H2,1-2H3,(H,15,19). The molecule has 0 bridgehead atoms. The van der Waals surface area contributed by atoms with Gasteiger partial charge in [0.2, 0.25) is 11.8 Å². The van der Waals surface area contributed by atoms with Gasteiger partial charge < -0.3 is 15.3 Å². The minimum Gasteiger partial charge on any atom is -0.393 e. The van der Waals surface area contributed by atoms with Gasteiger partial charge in [-0.05, 0) is 39.0 Å². The molecule has 3 unspecified atom stereocenters. The molecule has 0 aromatic rings. The number of hydrogen-bond acceptors (Lipinski definition) is 3. The first kappa shape index (κ1) is 14.3. The zero-order valence-corrected chi connectivity index (χ0v) is 11.8. The van der Waals surface area contributed by atoms with Crippen molar-refractivity contribution in [1.82, 2.24) is 10.2 Å². The molecule has 1 heterocycles. The summed E-state index contributed by atoms with van der Waals surface area (Å²) in [6, 6.07) is 0.162. The van der Waals surface area contributed by atoms with E-state index in [1.807, 2.05) is 13.8 Å². The highest BCUT2D eigenvalue weighted by Gasteiger charge is 2.35.